The van der Waals surface area contributed by atoms with E-state index in [-0.39, 0.29) is 10.8 Å². The second kappa shape index (κ2) is 4.04. The Labute approximate surface area is 109 Å². The zero-order valence-electron chi connectivity index (χ0n) is 12.2. The van der Waals surface area contributed by atoms with Crippen molar-refractivity contribution in [3.05, 3.63) is 35.5 Å². The number of hydrogen-bond acceptors (Lipinski definition) is 2. The smallest absolute Gasteiger partial charge is 0.0967 e. The molecular formula is C16H22N2. The maximum absolute atomic E-state index is 4.46. The first kappa shape index (κ1) is 13.0. The van der Waals surface area contributed by atoms with Crippen LogP contribution in [-0.4, -0.2) is 10.2 Å². The number of aromatic nitrogens is 2. The summed E-state index contributed by atoms with van der Waals surface area (Å²) in [5, 5.41) is 10.0. The molecule has 2 rings (SSSR count). The summed E-state index contributed by atoms with van der Waals surface area (Å²) in [5.74, 6) is 0. The summed E-state index contributed by atoms with van der Waals surface area (Å²) >= 11 is 0. The number of rotatable bonds is 0. The van der Waals surface area contributed by atoms with E-state index in [1.807, 2.05) is 0 Å². The van der Waals surface area contributed by atoms with Gasteiger partial charge < -0.3 is 0 Å². The van der Waals surface area contributed by atoms with Crippen LogP contribution in [0.2, 0.25) is 0 Å². The molecule has 0 unspecified atom stereocenters. The van der Waals surface area contributed by atoms with Crippen LogP contribution in [0.5, 0.6) is 0 Å². The topological polar surface area (TPSA) is 25.8 Å². The van der Waals surface area contributed by atoms with E-state index in [0.717, 1.165) is 11.2 Å². The predicted octanol–water partition coefficient (Wildman–Crippen LogP) is 4.22. The lowest BCUT2D eigenvalue weighted by Crippen LogP contribution is -2.16. The van der Waals surface area contributed by atoms with Gasteiger partial charge in [-0.25, -0.2) is 0 Å². The molecule has 0 aliphatic carbocycles. The second-order valence-electron chi connectivity index (χ2n) is 6.97. The Balaban J connectivity index is 2.68. The molecule has 0 spiro atoms. The first-order valence-electron chi connectivity index (χ1n) is 6.47. The fraction of sp³-hybridized carbons (Fsp3) is 0.500. The number of hydrogen-bond donors (Lipinski definition) is 0. The van der Waals surface area contributed by atoms with Crippen molar-refractivity contribution in [1.82, 2.24) is 10.2 Å². The Morgan fingerprint density at radius 1 is 0.833 bits per heavy atom. The summed E-state index contributed by atoms with van der Waals surface area (Å²) in [6.45, 7) is 13.1. The highest BCUT2D eigenvalue weighted by Gasteiger charge is 2.20. The van der Waals surface area contributed by atoms with Crippen molar-refractivity contribution in [2.75, 3.05) is 0 Å². The summed E-state index contributed by atoms with van der Waals surface area (Å²) in [6.07, 6.45) is 0. The van der Waals surface area contributed by atoms with Crippen molar-refractivity contribution in [2.45, 2.75) is 52.4 Å². The molecule has 2 heteroatoms. The minimum absolute atomic E-state index is 0.0406. The van der Waals surface area contributed by atoms with Gasteiger partial charge in [0, 0.05) is 10.8 Å². The third-order valence-electron chi connectivity index (χ3n) is 3.19. The third-order valence-corrected chi connectivity index (χ3v) is 3.19. The SMILES string of the molecule is CC(C)(C)c1cc2cccc(C(C)(C)C)c2nn1. The standard InChI is InChI=1S/C16H22N2/c1-15(2,3)12-9-7-8-11-10-13(16(4,5)6)17-18-14(11)12/h7-10H,1-6H3. The Morgan fingerprint density at radius 3 is 2.06 bits per heavy atom. The summed E-state index contributed by atoms with van der Waals surface area (Å²) in [5.41, 5.74) is 3.46. The minimum Gasteiger partial charge on any atom is -0.154 e. The van der Waals surface area contributed by atoms with Crippen molar-refractivity contribution in [1.29, 1.82) is 0 Å². The molecule has 1 aromatic heterocycles. The lowest BCUT2D eigenvalue weighted by Gasteiger charge is -2.22. The van der Waals surface area contributed by atoms with Crippen LogP contribution in [0.4, 0.5) is 0 Å². The van der Waals surface area contributed by atoms with Gasteiger partial charge in [0.15, 0.2) is 0 Å². The second-order valence-corrected chi connectivity index (χ2v) is 6.97. The van der Waals surface area contributed by atoms with Gasteiger partial charge in [-0.2, -0.15) is 5.10 Å². The van der Waals surface area contributed by atoms with Gasteiger partial charge in [0.25, 0.3) is 0 Å². The van der Waals surface area contributed by atoms with E-state index >= 15 is 0 Å². The zero-order chi connectivity index (χ0) is 13.6. The Kier molecular flexibility index (Phi) is 2.92. The van der Waals surface area contributed by atoms with E-state index < -0.39 is 0 Å². The average Bonchev–Trinajstić information content (AvgIpc) is 2.25. The highest BCUT2D eigenvalue weighted by molar-refractivity contribution is 5.82. The number of nitrogens with zero attached hydrogens (tertiary/aromatic N) is 2. The molecule has 0 aliphatic rings. The van der Waals surface area contributed by atoms with E-state index in [1.54, 1.807) is 0 Å². The molecule has 0 fully saturated rings. The van der Waals surface area contributed by atoms with Crippen LogP contribution >= 0.6 is 0 Å². The average molecular weight is 242 g/mol. The van der Waals surface area contributed by atoms with Gasteiger partial charge in [-0.1, -0.05) is 59.7 Å². The monoisotopic (exact) mass is 242 g/mol. The molecule has 0 radical (unpaired) electrons. The molecule has 0 aliphatic heterocycles. The Morgan fingerprint density at radius 2 is 1.50 bits per heavy atom. The van der Waals surface area contributed by atoms with Crippen molar-refractivity contribution < 1.29 is 0 Å². The molecular weight excluding hydrogens is 220 g/mol. The van der Waals surface area contributed by atoms with Crippen LogP contribution in [0.1, 0.15) is 52.8 Å². The van der Waals surface area contributed by atoms with E-state index in [2.05, 4.69) is 76.0 Å². The third kappa shape index (κ3) is 2.38. The number of fused-ring (bicyclic) bond motifs is 1. The fourth-order valence-corrected chi connectivity index (χ4v) is 2.04. The van der Waals surface area contributed by atoms with E-state index in [1.165, 1.54) is 10.9 Å². The first-order chi connectivity index (χ1) is 8.19. The molecule has 96 valence electrons. The highest BCUT2D eigenvalue weighted by Crippen LogP contribution is 2.30. The first-order valence-corrected chi connectivity index (χ1v) is 6.47. The van der Waals surface area contributed by atoms with Crippen LogP contribution in [0.3, 0.4) is 0 Å². The van der Waals surface area contributed by atoms with Gasteiger partial charge in [-0.05, 0) is 17.0 Å². The quantitative estimate of drug-likeness (QED) is 0.691. The highest BCUT2D eigenvalue weighted by atomic mass is 15.1. The van der Waals surface area contributed by atoms with Crippen molar-refractivity contribution >= 4 is 10.9 Å². The molecule has 18 heavy (non-hydrogen) atoms. The summed E-state index contributed by atoms with van der Waals surface area (Å²) in [7, 11) is 0. The molecule has 2 aromatic rings. The molecule has 0 saturated heterocycles. The maximum Gasteiger partial charge on any atom is 0.0967 e. The van der Waals surface area contributed by atoms with E-state index in [9.17, 15) is 0 Å². The molecule has 0 saturated carbocycles. The molecule has 1 heterocycles. The summed E-state index contributed by atoms with van der Waals surface area (Å²) < 4.78 is 0. The predicted molar refractivity (Wildman–Crippen MR) is 76.9 cm³/mol. The van der Waals surface area contributed by atoms with Gasteiger partial charge in [0.1, 0.15) is 0 Å². The van der Waals surface area contributed by atoms with Crippen molar-refractivity contribution in [3.8, 4) is 0 Å². The molecule has 0 atom stereocenters. The molecule has 1 aromatic carbocycles. The van der Waals surface area contributed by atoms with Gasteiger partial charge >= 0.3 is 0 Å². The fourth-order valence-electron chi connectivity index (χ4n) is 2.04. The van der Waals surface area contributed by atoms with Gasteiger partial charge in [-0.3, -0.25) is 0 Å². The maximum atomic E-state index is 4.46. The Hall–Kier alpha value is -1.44. The summed E-state index contributed by atoms with van der Waals surface area (Å²) in [4.78, 5) is 0. The van der Waals surface area contributed by atoms with Crippen LogP contribution < -0.4 is 0 Å². The van der Waals surface area contributed by atoms with E-state index in [4.69, 9.17) is 0 Å². The molecule has 2 nitrogen and oxygen atoms in total. The minimum atomic E-state index is 0.0406. The van der Waals surface area contributed by atoms with Gasteiger partial charge in [0.05, 0.1) is 11.2 Å². The molecule has 0 amide bonds. The lowest BCUT2D eigenvalue weighted by molar-refractivity contribution is 0.559. The van der Waals surface area contributed by atoms with E-state index in [0.29, 0.717) is 0 Å². The van der Waals surface area contributed by atoms with Gasteiger partial charge in [-0.15, -0.1) is 5.10 Å². The molecule has 0 N–H and O–H groups in total. The summed E-state index contributed by atoms with van der Waals surface area (Å²) in [6, 6.07) is 8.54. The lowest BCUT2D eigenvalue weighted by atomic mass is 9.85. The van der Waals surface area contributed by atoms with Crippen LogP contribution in [0, 0.1) is 0 Å². The molecule has 0 bridgehead atoms. The van der Waals surface area contributed by atoms with Crippen LogP contribution in [0.15, 0.2) is 24.3 Å². The van der Waals surface area contributed by atoms with Crippen LogP contribution in [0.25, 0.3) is 10.9 Å². The normalized spacial score (nSPS) is 13.0. The largest absolute Gasteiger partial charge is 0.154 e. The zero-order valence-corrected chi connectivity index (χ0v) is 12.2. The van der Waals surface area contributed by atoms with Crippen molar-refractivity contribution in [3.63, 3.8) is 0 Å². The van der Waals surface area contributed by atoms with Crippen molar-refractivity contribution in [2.24, 2.45) is 0 Å². The van der Waals surface area contributed by atoms with Gasteiger partial charge in [0.2, 0.25) is 0 Å². The Bertz CT molecular complexity index is 572. The van der Waals surface area contributed by atoms with Crippen LogP contribution in [-0.2, 0) is 10.8 Å². The number of benzene rings is 1.